The third-order valence-electron chi connectivity index (χ3n) is 4.33. The average molecular weight is 428 g/mol. The summed E-state index contributed by atoms with van der Waals surface area (Å²) >= 11 is 7.06. The van der Waals surface area contributed by atoms with E-state index in [9.17, 15) is 14.9 Å². The molecule has 2 N–H and O–H groups in total. The Morgan fingerprint density at radius 1 is 1.34 bits per heavy atom. The van der Waals surface area contributed by atoms with Crippen molar-refractivity contribution in [2.45, 2.75) is 12.3 Å². The van der Waals surface area contributed by atoms with Crippen molar-refractivity contribution in [3.63, 3.8) is 0 Å². The molecule has 1 aliphatic rings. The summed E-state index contributed by atoms with van der Waals surface area (Å²) in [7, 11) is 1.55. The maximum atomic E-state index is 12.3. The van der Waals surface area contributed by atoms with Crippen LogP contribution in [0.4, 0.5) is 5.69 Å². The number of benzene rings is 2. The molecule has 0 aliphatic carbocycles. The number of carbonyl (C=O) groups is 2. The van der Waals surface area contributed by atoms with Gasteiger partial charge in [-0.3, -0.25) is 9.59 Å². The van der Waals surface area contributed by atoms with E-state index >= 15 is 0 Å². The van der Waals surface area contributed by atoms with Crippen molar-refractivity contribution in [1.82, 2.24) is 5.32 Å². The molecular weight excluding hydrogens is 410 g/mol. The minimum Gasteiger partial charge on any atom is -0.497 e. The number of amides is 2. The van der Waals surface area contributed by atoms with Gasteiger partial charge in [0.1, 0.15) is 5.75 Å². The molecule has 0 aromatic heterocycles. The highest BCUT2D eigenvalue weighted by Crippen LogP contribution is 2.36. The van der Waals surface area contributed by atoms with Crippen LogP contribution in [0.5, 0.6) is 5.75 Å². The van der Waals surface area contributed by atoms with Crippen molar-refractivity contribution < 1.29 is 14.3 Å². The predicted molar refractivity (Wildman–Crippen MR) is 114 cm³/mol. The van der Waals surface area contributed by atoms with Crippen molar-refractivity contribution >= 4 is 40.9 Å². The molecule has 6 nitrogen and oxygen atoms in total. The monoisotopic (exact) mass is 427 g/mol. The van der Waals surface area contributed by atoms with Crippen molar-refractivity contribution in [3.8, 4) is 11.8 Å². The molecule has 0 fully saturated rings. The summed E-state index contributed by atoms with van der Waals surface area (Å²) in [5.41, 5.74) is 1.88. The molecule has 0 bridgehead atoms. The van der Waals surface area contributed by atoms with E-state index in [1.54, 1.807) is 55.6 Å². The largest absolute Gasteiger partial charge is 0.497 e. The molecule has 0 saturated carbocycles. The summed E-state index contributed by atoms with van der Waals surface area (Å²) in [4.78, 5) is 24.5. The van der Waals surface area contributed by atoms with Gasteiger partial charge in [0.25, 0.3) is 0 Å². The number of nitrogens with one attached hydrogen (secondary N) is 2. The zero-order chi connectivity index (χ0) is 20.8. The second-order valence-electron chi connectivity index (χ2n) is 6.28. The molecule has 3 rings (SSSR count). The van der Waals surface area contributed by atoms with Gasteiger partial charge in [-0.05, 0) is 29.8 Å². The van der Waals surface area contributed by atoms with Crippen LogP contribution in [-0.2, 0) is 9.59 Å². The summed E-state index contributed by atoms with van der Waals surface area (Å²) in [6.45, 7) is 0. The van der Waals surface area contributed by atoms with E-state index in [0.29, 0.717) is 27.1 Å². The number of halogens is 1. The molecule has 1 unspecified atom stereocenters. The lowest BCUT2D eigenvalue weighted by atomic mass is 9.87. The minimum absolute atomic E-state index is 0.0470. The van der Waals surface area contributed by atoms with Gasteiger partial charge in [0.2, 0.25) is 11.8 Å². The number of ether oxygens (including phenoxy) is 1. The molecule has 29 heavy (non-hydrogen) atoms. The standard InChI is InChI=1S/C21H18ClN3O3S/c1-28-16-4-2-3-15(9-16)24-20(27)12-29-21-18(11-23)17(10-19(26)25-21)13-5-7-14(22)8-6-13/h2-9,17H,10,12H2,1H3,(H,24,27)(H,25,26). The topological polar surface area (TPSA) is 91.2 Å². The molecule has 1 aliphatic heterocycles. The van der Waals surface area contributed by atoms with Gasteiger partial charge in [0, 0.05) is 29.1 Å². The summed E-state index contributed by atoms with van der Waals surface area (Å²) in [6, 6.07) is 16.3. The van der Waals surface area contributed by atoms with Crippen LogP contribution in [0, 0.1) is 11.3 Å². The number of nitrogens with zero attached hydrogens (tertiary/aromatic N) is 1. The van der Waals surface area contributed by atoms with Crippen LogP contribution < -0.4 is 15.4 Å². The molecule has 0 radical (unpaired) electrons. The van der Waals surface area contributed by atoms with Gasteiger partial charge in [0.15, 0.2) is 0 Å². The second-order valence-corrected chi connectivity index (χ2v) is 7.70. The Morgan fingerprint density at radius 3 is 2.79 bits per heavy atom. The Bertz CT molecular complexity index is 999. The lowest BCUT2D eigenvalue weighted by Gasteiger charge is -2.25. The molecule has 2 aromatic rings. The Labute approximate surface area is 177 Å². The summed E-state index contributed by atoms with van der Waals surface area (Å²) in [5, 5.41) is 16.2. The van der Waals surface area contributed by atoms with E-state index in [0.717, 1.165) is 17.3 Å². The Morgan fingerprint density at radius 2 is 2.10 bits per heavy atom. The molecule has 2 aromatic carbocycles. The Hall–Kier alpha value is -2.95. The first kappa shape index (κ1) is 20.8. The highest BCUT2D eigenvalue weighted by molar-refractivity contribution is 8.03. The number of thioether (sulfide) groups is 1. The predicted octanol–water partition coefficient (Wildman–Crippen LogP) is 4.06. The van der Waals surface area contributed by atoms with Gasteiger partial charge >= 0.3 is 0 Å². The van der Waals surface area contributed by atoms with Crippen molar-refractivity contribution in [2.24, 2.45) is 0 Å². The highest BCUT2D eigenvalue weighted by atomic mass is 35.5. The van der Waals surface area contributed by atoms with E-state index < -0.39 is 0 Å². The van der Waals surface area contributed by atoms with Crippen LogP contribution in [-0.4, -0.2) is 24.7 Å². The lowest BCUT2D eigenvalue weighted by molar-refractivity contribution is -0.121. The highest BCUT2D eigenvalue weighted by Gasteiger charge is 2.29. The molecule has 0 spiro atoms. The number of hydrogen-bond acceptors (Lipinski definition) is 5. The lowest BCUT2D eigenvalue weighted by Crippen LogP contribution is -2.31. The van der Waals surface area contributed by atoms with Crippen LogP contribution in [0.3, 0.4) is 0 Å². The van der Waals surface area contributed by atoms with Crippen LogP contribution in [0.15, 0.2) is 59.1 Å². The number of allylic oxidation sites excluding steroid dienone is 1. The van der Waals surface area contributed by atoms with Crippen LogP contribution in [0.1, 0.15) is 17.9 Å². The average Bonchev–Trinajstić information content (AvgIpc) is 2.72. The Kier molecular flexibility index (Phi) is 6.81. The van der Waals surface area contributed by atoms with E-state index in [1.807, 2.05) is 0 Å². The number of hydrogen-bond donors (Lipinski definition) is 2. The number of methoxy groups -OCH3 is 1. The second kappa shape index (κ2) is 9.50. The number of rotatable bonds is 6. The van der Waals surface area contributed by atoms with Crippen molar-refractivity contribution in [1.29, 1.82) is 5.26 Å². The van der Waals surface area contributed by atoms with Gasteiger partial charge in [-0.15, -0.1) is 0 Å². The molecule has 1 heterocycles. The van der Waals surface area contributed by atoms with Gasteiger partial charge in [0.05, 0.1) is 29.5 Å². The molecule has 148 valence electrons. The fraction of sp³-hybridized carbons (Fsp3) is 0.190. The third-order valence-corrected chi connectivity index (χ3v) is 5.60. The number of anilines is 1. The molecule has 0 saturated heterocycles. The van der Waals surface area contributed by atoms with E-state index in [-0.39, 0.29) is 29.9 Å². The zero-order valence-corrected chi connectivity index (χ0v) is 17.1. The van der Waals surface area contributed by atoms with Crippen molar-refractivity contribution in [3.05, 3.63) is 69.7 Å². The van der Waals surface area contributed by atoms with E-state index in [1.165, 1.54) is 0 Å². The Balaban J connectivity index is 1.73. The van der Waals surface area contributed by atoms with Crippen LogP contribution in [0.25, 0.3) is 0 Å². The first-order valence-electron chi connectivity index (χ1n) is 8.76. The van der Waals surface area contributed by atoms with Gasteiger partial charge in [-0.1, -0.05) is 41.6 Å². The van der Waals surface area contributed by atoms with Gasteiger partial charge in [-0.25, -0.2) is 0 Å². The normalized spacial score (nSPS) is 16.0. The summed E-state index contributed by atoms with van der Waals surface area (Å²) < 4.78 is 5.14. The van der Waals surface area contributed by atoms with Crippen molar-refractivity contribution in [2.75, 3.05) is 18.2 Å². The van der Waals surface area contributed by atoms with Gasteiger partial charge in [-0.2, -0.15) is 5.26 Å². The maximum absolute atomic E-state index is 12.3. The first-order chi connectivity index (χ1) is 14.0. The van der Waals surface area contributed by atoms with Crippen LogP contribution >= 0.6 is 23.4 Å². The zero-order valence-electron chi connectivity index (χ0n) is 15.6. The minimum atomic E-state index is -0.366. The smallest absolute Gasteiger partial charge is 0.234 e. The molecule has 2 amide bonds. The number of nitriles is 1. The van der Waals surface area contributed by atoms with Gasteiger partial charge < -0.3 is 15.4 Å². The quantitative estimate of drug-likeness (QED) is 0.725. The third kappa shape index (κ3) is 5.31. The summed E-state index contributed by atoms with van der Waals surface area (Å²) in [6.07, 6.45) is 0.171. The van der Waals surface area contributed by atoms with E-state index in [2.05, 4.69) is 16.7 Å². The van der Waals surface area contributed by atoms with E-state index in [4.69, 9.17) is 16.3 Å². The molecule has 8 heteroatoms. The molecule has 1 atom stereocenters. The fourth-order valence-corrected chi connectivity index (χ4v) is 3.95. The maximum Gasteiger partial charge on any atom is 0.234 e. The molecular formula is C21H18ClN3O3S. The fourth-order valence-electron chi connectivity index (χ4n) is 2.95. The summed E-state index contributed by atoms with van der Waals surface area (Å²) in [5.74, 6) is -0.133. The van der Waals surface area contributed by atoms with Crippen LogP contribution in [0.2, 0.25) is 5.02 Å². The first-order valence-corrected chi connectivity index (χ1v) is 10.1. The SMILES string of the molecule is COc1cccc(NC(=O)CSC2=C(C#N)C(c3ccc(Cl)cc3)CC(=O)N2)c1. The number of carbonyl (C=O) groups excluding carboxylic acids is 2.